The number of carbonyl (C=O) groups excluding carboxylic acids is 1. The highest BCUT2D eigenvalue weighted by Crippen LogP contribution is 2.15. The van der Waals surface area contributed by atoms with E-state index in [1.807, 2.05) is 32.3 Å². The van der Waals surface area contributed by atoms with Crippen molar-refractivity contribution in [2.24, 2.45) is 4.99 Å². The standard InChI is InChI=1S/C17H31N7O2.HI/c1-6-14-22-20-12-23(14)9-8-19-15(18-7-2)21-13-10-24(11-13)16(25)26-17(3,4)5;/h12-13H,6-11H2,1-5H3,(H2,18,19,21);1H. The van der Waals surface area contributed by atoms with Crippen LogP contribution in [-0.2, 0) is 17.7 Å². The smallest absolute Gasteiger partial charge is 0.410 e. The maximum absolute atomic E-state index is 12.0. The number of amides is 1. The number of aromatic nitrogens is 3. The Morgan fingerprint density at radius 3 is 2.67 bits per heavy atom. The summed E-state index contributed by atoms with van der Waals surface area (Å²) in [6, 6.07) is 0.182. The Kier molecular flexibility index (Phi) is 9.27. The van der Waals surface area contributed by atoms with E-state index in [1.54, 1.807) is 11.2 Å². The molecule has 0 aromatic carbocycles. The molecule has 27 heavy (non-hydrogen) atoms. The van der Waals surface area contributed by atoms with Crippen LogP contribution in [0.1, 0.15) is 40.4 Å². The summed E-state index contributed by atoms with van der Waals surface area (Å²) in [4.78, 5) is 18.3. The third-order valence-electron chi connectivity index (χ3n) is 3.84. The highest BCUT2D eigenvalue weighted by atomic mass is 127. The van der Waals surface area contributed by atoms with Crippen LogP contribution in [0.5, 0.6) is 0 Å². The minimum Gasteiger partial charge on any atom is -0.444 e. The van der Waals surface area contributed by atoms with Gasteiger partial charge in [-0.15, -0.1) is 34.2 Å². The first-order valence-electron chi connectivity index (χ1n) is 9.21. The molecule has 9 nitrogen and oxygen atoms in total. The first-order chi connectivity index (χ1) is 12.3. The summed E-state index contributed by atoms with van der Waals surface area (Å²) >= 11 is 0. The summed E-state index contributed by atoms with van der Waals surface area (Å²) in [6.45, 7) is 13.1. The Bertz CT molecular complexity index is 621. The lowest BCUT2D eigenvalue weighted by molar-refractivity contribution is 0.00701. The van der Waals surface area contributed by atoms with Crippen molar-refractivity contribution in [1.82, 2.24) is 30.3 Å². The highest BCUT2D eigenvalue weighted by molar-refractivity contribution is 14.0. The van der Waals surface area contributed by atoms with Gasteiger partial charge in [0.2, 0.25) is 0 Å². The Hall–Kier alpha value is -1.59. The highest BCUT2D eigenvalue weighted by Gasteiger charge is 2.34. The van der Waals surface area contributed by atoms with E-state index in [-0.39, 0.29) is 36.1 Å². The van der Waals surface area contributed by atoms with Gasteiger partial charge >= 0.3 is 6.09 Å². The molecule has 1 aliphatic heterocycles. The van der Waals surface area contributed by atoms with Crippen LogP contribution in [-0.4, -0.2) is 69.5 Å². The average Bonchev–Trinajstić information content (AvgIpc) is 2.95. The number of aryl methyl sites for hydroxylation is 1. The zero-order chi connectivity index (χ0) is 19.2. The van der Waals surface area contributed by atoms with Gasteiger partial charge in [0.1, 0.15) is 17.8 Å². The van der Waals surface area contributed by atoms with Crippen molar-refractivity contribution in [3.05, 3.63) is 12.2 Å². The minimum absolute atomic E-state index is 0. The number of nitrogens with one attached hydrogen (secondary N) is 2. The van der Waals surface area contributed by atoms with E-state index in [2.05, 4.69) is 32.7 Å². The van der Waals surface area contributed by atoms with Gasteiger partial charge in [-0.25, -0.2) is 4.79 Å². The molecule has 0 aliphatic carbocycles. The van der Waals surface area contributed by atoms with Crippen LogP contribution < -0.4 is 10.6 Å². The van der Waals surface area contributed by atoms with Gasteiger partial charge in [-0.3, -0.25) is 4.99 Å². The number of carbonyl (C=O) groups is 1. The molecule has 2 heterocycles. The molecule has 154 valence electrons. The van der Waals surface area contributed by atoms with Crippen molar-refractivity contribution >= 4 is 36.0 Å². The second-order valence-corrected chi connectivity index (χ2v) is 7.28. The van der Waals surface area contributed by atoms with Gasteiger partial charge in [0.25, 0.3) is 0 Å². The SMILES string of the molecule is CCNC(=NCCn1cnnc1CC)NC1CN(C(=O)OC(C)(C)C)C1.I. The molecule has 1 saturated heterocycles. The normalized spacial score (nSPS) is 15.0. The summed E-state index contributed by atoms with van der Waals surface area (Å²) in [5.74, 6) is 1.72. The van der Waals surface area contributed by atoms with E-state index >= 15 is 0 Å². The second-order valence-electron chi connectivity index (χ2n) is 7.28. The number of halogens is 1. The second kappa shape index (κ2) is 10.7. The lowest BCUT2D eigenvalue weighted by Gasteiger charge is -2.40. The Morgan fingerprint density at radius 1 is 1.37 bits per heavy atom. The van der Waals surface area contributed by atoms with Crippen molar-refractivity contribution in [3.63, 3.8) is 0 Å². The van der Waals surface area contributed by atoms with Gasteiger partial charge in [-0.1, -0.05) is 6.92 Å². The quantitative estimate of drug-likeness (QED) is 0.356. The number of rotatable bonds is 6. The predicted molar refractivity (Wildman–Crippen MR) is 116 cm³/mol. The molecule has 2 N–H and O–H groups in total. The zero-order valence-corrected chi connectivity index (χ0v) is 19.2. The molecule has 0 radical (unpaired) electrons. The molecule has 1 fully saturated rings. The van der Waals surface area contributed by atoms with Crippen LogP contribution in [0.25, 0.3) is 0 Å². The van der Waals surface area contributed by atoms with Crippen molar-refractivity contribution < 1.29 is 9.53 Å². The number of hydrogen-bond acceptors (Lipinski definition) is 5. The van der Waals surface area contributed by atoms with E-state index < -0.39 is 5.60 Å². The van der Waals surface area contributed by atoms with Crippen molar-refractivity contribution in [2.75, 3.05) is 26.2 Å². The number of guanidine groups is 1. The van der Waals surface area contributed by atoms with Crippen LogP contribution >= 0.6 is 24.0 Å². The number of hydrogen-bond donors (Lipinski definition) is 2. The van der Waals surface area contributed by atoms with Gasteiger partial charge in [0.15, 0.2) is 5.96 Å². The molecule has 0 spiro atoms. The molecule has 0 unspecified atom stereocenters. The van der Waals surface area contributed by atoms with Gasteiger partial charge < -0.3 is 24.8 Å². The summed E-state index contributed by atoms with van der Waals surface area (Å²) in [6.07, 6.45) is 2.32. The molecule has 1 amide bonds. The first-order valence-corrected chi connectivity index (χ1v) is 9.21. The fourth-order valence-corrected chi connectivity index (χ4v) is 2.57. The lowest BCUT2D eigenvalue weighted by atomic mass is 10.1. The molecule has 1 aromatic rings. The average molecular weight is 493 g/mol. The summed E-state index contributed by atoms with van der Waals surface area (Å²) in [5.41, 5.74) is -0.467. The number of likely N-dealkylation sites (tertiary alicyclic amines) is 1. The topological polar surface area (TPSA) is 96.7 Å². The van der Waals surface area contributed by atoms with Gasteiger partial charge in [0, 0.05) is 32.6 Å². The number of nitrogens with zero attached hydrogens (tertiary/aromatic N) is 5. The molecule has 0 atom stereocenters. The van der Waals surface area contributed by atoms with E-state index in [9.17, 15) is 4.79 Å². The van der Waals surface area contributed by atoms with Crippen LogP contribution in [0, 0.1) is 0 Å². The van der Waals surface area contributed by atoms with Gasteiger partial charge in [-0.05, 0) is 27.7 Å². The van der Waals surface area contributed by atoms with E-state index in [4.69, 9.17) is 4.74 Å². The van der Waals surface area contributed by atoms with Gasteiger partial charge in [0.05, 0.1) is 12.6 Å². The van der Waals surface area contributed by atoms with Crippen molar-refractivity contribution in [3.8, 4) is 0 Å². The van der Waals surface area contributed by atoms with Crippen LogP contribution in [0.15, 0.2) is 11.3 Å². The van der Waals surface area contributed by atoms with Crippen molar-refractivity contribution in [1.29, 1.82) is 0 Å². The van der Waals surface area contributed by atoms with E-state index in [0.29, 0.717) is 19.6 Å². The maximum Gasteiger partial charge on any atom is 0.410 e. The Balaban J connectivity index is 0.00000364. The van der Waals surface area contributed by atoms with Crippen molar-refractivity contribution in [2.45, 2.75) is 59.2 Å². The van der Waals surface area contributed by atoms with Crippen LogP contribution in [0.4, 0.5) is 4.79 Å². The first kappa shape index (κ1) is 23.4. The molecule has 0 saturated carbocycles. The van der Waals surface area contributed by atoms with E-state index in [1.165, 1.54) is 0 Å². The van der Waals surface area contributed by atoms with Crippen LogP contribution in [0.3, 0.4) is 0 Å². The van der Waals surface area contributed by atoms with Crippen LogP contribution in [0.2, 0.25) is 0 Å². The molecule has 2 rings (SSSR count). The molecule has 10 heteroatoms. The third-order valence-corrected chi connectivity index (χ3v) is 3.84. The molecule has 0 bridgehead atoms. The zero-order valence-electron chi connectivity index (χ0n) is 16.9. The minimum atomic E-state index is -0.467. The molecular formula is C17H32IN7O2. The molecule has 1 aromatic heterocycles. The third kappa shape index (κ3) is 7.51. The summed E-state index contributed by atoms with van der Waals surface area (Å²) in [7, 11) is 0. The lowest BCUT2D eigenvalue weighted by Crippen LogP contribution is -2.63. The fourth-order valence-electron chi connectivity index (χ4n) is 2.57. The number of aliphatic imine (C=N–C) groups is 1. The summed E-state index contributed by atoms with van der Waals surface area (Å²) in [5, 5.41) is 14.6. The molecular weight excluding hydrogens is 461 g/mol. The monoisotopic (exact) mass is 493 g/mol. The Labute approximate surface area is 178 Å². The summed E-state index contributed by atoms with van der Waals surface area (Å²) < 4.78 is 7.38. The molecule has 1 aliphatic rings. The van der Waals surface area contributed by atoms with E-state index in [0.717, 1.165) is 31.3 Å². The Morgan fingerprint density at radius 2 is 2.07 bits per heavy atom. The number of ether oxygens (including phenoxy) is 1. The predicted octanol–water partition coefficient (Wildman–Crippen LogP) is 1.63. The van der Waals surface area contributed by atoms with Gasteiger partial charge in [-0.2, -0.15) is 0 Å². The fraction of sp³-hybridized carbons (Fsp3) is 0.765. The largest absolute Gasteiger partial charge is 0.444 e. The maximum atomic E-state index is 12.0.